The number of hydrogen-bond donors (Lipinski definition) is 1. The third kappa shape index (κ3) is 6.93. The number of carboxylic acids is 1. The van der Waals surface area contributed by atoms with Crippen LogP contribution in [0.2, 0.25) is 0 Å². The first kappa shape index (κ1) is 17.0. The maximum atomic E-state index is 11.1. The highest BCUT2D eigenvalue weighted by Crippen LogP contribution is 2.35. The molecule has 20 heavy (non-hydrogen) atoms. The Morgan fingerprint density at radius 3 is 2.55 bits per heavy atom. The van der Waals surface area contributed by atoms with E-state index in [9.17, 15) is 4.79 Å². The van der Waals surface area contributed by atoms with E-state index in [1.807, 2.05) is 0 Å². The second-order valence-electron chi connectivity index (χ2n) is 5.89. The molecule has 2 unspecified atom stereocenters. The van der Waals surface area contributed by atoms with E-state index in [1.54, 1.807) is 0 Å². The third-order valence-electron chi connectivity index (χ3n) is 4.26. The number of hydrogen-bond acceptors (Lipinski definition) is 1. The molecule has 0 amide bonds. The van der Waals surface area contributed by atoms with Crippen molar-refractivity contribution in [2.45, 2.75) is 71.1 Å². The van der Waals surface area contributed by atoms with E-state index in [-0.39, 0.29) is 5.92 Å². The molecule has 0 radical (unpaired) electrons. The van der Waals surface area contributed by atoms with Gasteiger partial charge in [0.1, 0.15) is 0 Å². The topological polar surface area (TPSA) is 37.3 Å². The first-order valence-electron chi connectivity index (χ1n) is 8.28. The fourth-order valence-corrected chi connectivity index (χ4v) is 3.04. The second kappa shape index (κ2) is 10.7. The number of allylic oxidation sites excluding steroid dienone is 4. The van der Waals surface area contributed by atoms with Crippen molar-refractivity contribution >= 4 is 5.97 Å². The number of unbranched alkanes of at least 4 members (excludes halogenated alkanes) is 3. The molecule has 1 rings (SSSR count). The molecule has 0 aromatic heterocycles. The Hall–Kier alpha value is -1.05. The van der Waals surface area contributed by atoms with Crippen LogP contribution >= 0.6 is 0 Å². The van der Waals surface area contributed by atoms with Crippen molar-refractivity contribution in [3.05, 3.63) is 24.3 Å². The Kier molecular flexibility index (Phi) is 9.10. The molecule has 0 bridgehead atoms. The fraction of sp³-hybridized carbons (Fsp3) is 0.722. The van der Waals surface area contributed by atoms with Gasteiger partial charge in [0.2, 0.25) is 0 Å². The van der Waals surface area contributed by atoms with Crippen molar-refractivity contribution in [3.63, 3.8) is 0 Å². The van der Waals surface area contributed by atoms with E-state index in [0.717, 1.165) is 38.5 Å². The van der Waals surface area contributed by atoms with Gasteiger partial charge in [-0.1, -0.05) is 50.5 Å². The molecular formula is C18H30O2. The minimum Gasteiger partial charge on any atom is -0.481 e. The Morgan fingerprint density at radius 2 is 1.85 bits per heavy atom. The summed E-state index contributed by atoms with van der Waals surface area (Å²) in [6.07, 6.45) is 20.2. The molecule has 1 saturated carbocycles. The predicted octanol–water partition coefficient (Wildman–Crippen LogP) is 5.35. The van der Waals surface area contributed by atoms with Gasteiger partial charge in [0.15, 0.2) is 0 Å². The molecule has 1 aliphatic rings. The van der Waals surface area contributed by atoms with Gasteiger partial charge in [-0.15, -0.1) is 0 Å². The molecule has 2 heteroatoms. The van der Waals surface area contributed by atoms with Crippen LogP contribution < -0.4 is 0 Å². The summed E-state index contributed by atoms with van der Waals surface area (Å²) in [7, 11) is 0. The molecule has 1 fully saturated rings. The molecular weight excluding hydrogens is 248 g/mol. The van der Waals surface area contributed by atoms with E-state index in [1.165, 1.54) is 25.7 Å². The zero-order valence-corrected chi connectivity index (χ0v) is 12.9. The largest absolute Gasteiger partial charge is 0.481 e. The molecule has 0 aliphatic heterocycles. The van der Waals surface area contributed by atoms with Gasteiger partial charge in [-0.3, -0.25) is 4.79 Å². The minimum atomic E-state index is -0.591. The van der Waals surface area contributed by atoms with E-state index < -0.39 is 5.97 Å². The van der Waals surface area contributed by atoms with Crippen molar-refractivity contribution in [3.8, 4) is 0 Å². The van der Waals surface area contributed by atoms with Crippen molar-refractivity contribution in [2.75, 3.05) is 0 Å². The third-order valence-corrected chi connectivity index (χ3v) is 4.26. The lowest BCUT2D eigenvalue weighted by Crippen LogP contribution is -2.17. The highest BCUT2D eigenvalue weighted by atomic mass is 16.4. The number of rotatable bonds is 10. The highest BCUT2D eigenvalue weighted by Gasteiger charge is 2.31. The Balaban J connectivity index is 2.05. The summed E-state index contributed by atoms with van der Waals surface area (Å²) in [5.41, 5.74) is 0. The normalized spacial score (nSPS) is 23.1. The zero-order chi connectivity index (χ0) is 14.6. The first-order chi connectivity index (χ1) is 9.75. The molecule has 0 saturated heterocycles. The molecule has 1 N–H and O–H groups in total. The average molecular weight is 278 g/mol. The quantitative estimate of drug-likeness (QED) is 0.432. The van der Waals surface area contributed by atoms with Crippen LogP contribution in [0.5, 0.6) is 0 Å². The van der Waals surface area contributed by atoms with Crippen LogP contribution in [0.4, 0.5) is 0 Å². The van der Waals surface area contributed by atoms with Gasteiger partial charge in [0.25, 0.3) is 0 Å². The summed E-state index contributed by atoms with van der Waals surface area (Å²) < 4.78 is 0. The maximum Gasteiger partial charge on any atom is 0.306 e. The monoisotopic (exact) mass is 278 g/mol. The van der Waals surface area contributed by atoms with Gasteiger partial charge in [-0.05, 0) is 50.9 Å². The van der Waals surface area contributed by atoms with Crippen LogP contribution in [0.25, 0.3) is 0 Å². The fourth-order valence-electron chi connectivity index (χ4n) is 3.04. The number of carboxylic acid groups (broad SMARTS) is 1. The predicted molar refractivity (Wildman–Crippen MR) is 84.7 cm³/mol. The summed E-state index contributed by atoms with van der Waals surface area (Å²) in [6.45, 7) is 2.23. The summed E-state index contributed by atoms with van der Waals surface area (Å²) in [5.74, 6) is -0.268. The first-order valence-corrected chi connectivity index (χ1v) is 8.28. The SMILES string of the molecule is CCCCC/C=C\C/C=C\CCC1CCCC1C(=O)O. The summed E-state index contributed by atoms with van der Waals surface area (Å²) in [4.78, 5) is 11.1. The Bertz CT molecular complexity index is 317. The molecule has 2 nitrogen and oxygen atoms in total. The van der Waals surface area contributed by atoms with Crippen LogP contribution in [0, 0.1) is 11.8 Å². The summed E-state index contributed by atoms with van der Waals surface area (Å²) in [5, 5.41) is 9.12. The average Bonchev–Trinajstić information content (AvgIpc) is 2.89. The molecule has 0 aromatic rings. The van der Waals surface area contributed by atoms with Crippen molar-refractivity contribution in [1.29, 1.82) is 0 Å². The van der Waals surface area contributed by atoms with Crippen LogP contribution in [-0.2, 0) is 4.79 Å². The second-order valence-corrected chi connectivity index (χ2v) is 5.89. The van der Waals surface area contributed by atoms with Gasteiger partial charge < -0.3 is 5.11 Å². The molecule has 1 aliphatic carbocycles. The van der Waals surface area contributed by atoms with Gasteiger partial charge in [-0.25, -0.2) is 0 Å². The molecule has 2 atom stereocenters. The van der Waals surface area contributed by atoms with Crippen LogP contribution in [0.15, 0.2) is 24.3 Å². The highest BCUT2D eigenvalue weighted by molar-refractivity contribution is 5.70. The van der Waals surface area contributed by atoms with Crippen molar-refractivity contribution < 1.29 is 9.90 Å². The minimum absolute atomic E-state index is 0.0816. The van der Waals surface area contributed by atoms with Gasteiger partial charge in [0.05, 0.1) is 5.92 Å². The molecule has 0 heterocycles. The van der Waals surface area contributed by atoms with Gasteiger partial charge >= 0.3 is 5.97 Å². The van der Waals surface area contributed by atoms with Gasteiger partial charge in [-0.2, -0.15) is 0 Å². The lowest BCUT2D eigenvalue weighted by molar-refractivity contribution is -0.143. The smallest absolute Gasteiger partial charge is 0.306 e. The summed E-state index contributed by atoms with van der Waals surface area (Å²) in [6, 6.07) is 0. The van der Waals surface area contributed by atoms with Crippen LogP contribution in [0.3, 0.4) is 0 Å². The van der Waals surface area contributed by atoms with Gasteiger partial charge in [0, 0.05) is 0 Å². The molecule has 0 spiro atoms. The van der Waals surface area contributed by atoms with E-state index in [4.69, 9.17) is 5.11 Å². The van der Waals surface area contributed by atoms with E-state index in [2.05, 4.69) is 31.2 Å². The molecule has 0 aromatic carbocycles. The van der Waals surface area contributed by atoms with Crippen molar-refractivity contribution in [1.82, 2.24) is 0 Å². The van der Waals surface area contributed by atoms with E-state index >= 15 is 0 Å². The van der Waals surface area contributed by atoms with E-state index in [0.29, 0.717) is 5.92 Å². The Morgan fingerprint density at radius 1 is 1.10 bits per heavy atom. The molecule has 114 valence electrons. The maximum absolute atomic E-state index is 11.1. The lowest BCUT2D eigenvalue weighted by Gasteiger charge is -2.13. The standard InChI is InChI=1S/C18H30O2/c1-2-3-4-5-6-7-8-9-10-11-13-16-14-12-15-17(16)18(19)20/h6-7,9-10,16-17H,2-5,8,11-15H2,1H3,(H,19,20)/b7-6-,10-9-. The zero-order valence-electron chi connectivity index (χ0n) is 12.9. The Labute approximate surface area is 124 Å². The van der Waals surface area contributed by atoms with Crippen LogP contribution in [0.1, 0.15) is 71.1 Å². The lowest BCUT2D eigenvalue weighted by atomic mass is 9.91. The van der Waals surface area contributed by atoms with Crippen LogP contribution in [-0.4, -0.2) is 11.1 Å². The van der Waals surface area contributed by atoms with Crippen molar-refractivity contribution in [2.24, 2.45) is 11.8 Å². The number of aliphatic carboxylic acids is 1. The number of carbonyl (C=O) groups is 1. The summed E-state index contributed by atoms with van der Waals surface area (Å²) >= 11 is 0.